The molecule has 0 bridgehead atoms. The maximum absolute atomic E-state index is 11.0. The first-order valence-corrected chi connectivity index (χ1v) is 10.6. The van der Waals surface area contributed by atoms with Gasteiger partial charge in [-0.05, 0) is 25.7 Å². The van der Waals surface area contributed by atoms with E-state index in [9.17, 15) is 9.59 Å². The molecule has 0 saturated carbocycles. The predicted molar refractivity (Wildman–Crippen MR) is 108 cm³/mol. The molecule has 6 nitrogen and oxygen atoms in total. The smallest absolute Gasteiger partial charge is 0.308 e. The monoisotopic (exact) mass is 390 g/mol. The van der Waals surface area contributed by atoms with Crippen LogP contribution >= 0.6 is 0 Å². The average Bonchev–Trinajstić information content (AvgIpc) is 2.67. The van der Waals surface area contributed by atoms with Crippen molar-refractivity contribution in [3.05, 3.63) is 0 Å². The third kappa shape index (κ3) is 27.2. The van der Waals surface area contributed by atoms with E-state index in [1.807, 2.05) is 6.92 Å². The van der Waals surface area contributed by atoms with Gasteiger partial charge in [-0.15, -0.1) is 0 Å². The van der Waals surface area contributed by atoms with Crippen molar-refractivity contribution in [2.75, 3.05) is 39.6 Å². The number of hydrogen-bond donors (Lipinski definition) is 0. The summed E-state index contributed by atoms with van der Waals surface area (Å²) in [6.45, 7) is 11.8. The van der Waals surface area contributed by atoms with Crippen molar-refractivity contribution in [1.82, 2.24) is 0 Å². The molecule has 6 heteroatoms. The van der Waals surface area contributed by atoms with E-state index in [2.05, 4.69) is 20.8 Å². The minimum Gasteiger partial charge on any atom is -0.466 e. The van der Waals surface area contributed by atoms with Crippen LogP contribution in [0.2, 0.25) is 0 Å². The summed E-state index contributed by atoms with van der Waals surface area (Å²) < 4.78 is 20.3. The van der Waals surface area contributed by atoms with Crippen LogP contribution in [0.15, 0.2) is 0 Å². The lowest BCUT2D eigenvalue weighted by atomic mass is 10.3. The molecule has 0 heterocycles. The molecule has 0 aromatic heterocycles. The van der Waals surface area contributed by atoms with Gasteiger partial charge in [0.05, 0.1) is 39.3 Å². The van der Waals surface area contributed by atoms with Gasteiger partial charge in [0.1, 0.15) is 0 Å². The van der Waals surface area contributed by atoms with E-state index in [0.717, 1.165) is 58.2 Å². The lowest BCUT2D eigenvalue weighted by Gasteiger charge is -2.04. The number of ether oxygens (including phenoxy) is 4. The van der Waals surface area contributed by atoms with Crippen molar-refractivity contribution >= 4 is 11.9 Å². The standard InChI is InChI=1S/C11H22O3.C10H20O3/c1-3-5-8-13-10-7-11(12)14-9-6-4-2;1-3-5-8-12-9-6-10(11)13-7-4-2/h3-10H2,1-2H3;3-9H2,1-2H3. The Morgan fingerprint density at radius 1 is 0.519 bits per heavy atom. The molecular formula is C21H42O6. The maximum atomic E-state index is 11.0. The van der Waals surface area contributed by atoms with E-state index in [0.29, 0.717) is 39.3 Å². The normalized spacial score (nSPS) is 10.1. The molecule has 0 atom stereocenters. The van der Waals surface area contributed by atoms with Gasteiger partial charge in [0.15, 0.2) is 0 Å². The third-order valence-corrected chi connectivity index (χ3v) is 3.41. The van der Waals surface area contributed by atoms with Gasteiger partial charge in [-0.2, -0.15) is 0 Å². The topological polar surface area (TPSA) is 71.1 Å². The summed E-state index contributed by atoms with van der Waals surface area (Å²) in [5.41, 5.74) is 0. The molecule has 0 radical (unpaired) electrons. The van der Waals surface area contributed by atoms with Gasteiger partial charge in [0.2, 0.25) is 0 Å². The zero-order valence-corrected chi connectivity index (χ0v) is 18.1. The largest absolute Gasteiger partial charge is 0.466 e. The molecule has 0 aromatic carbocycles. The summed E-state index contributed by atoms with van der Waals surface area (Å²) >= 11 is 0. The zero-order chi connectivity index (χ0) is 20.6. The van der Waals surface area contributed by atoms with Gasteiger partial charge in [-0.3, -0.25) is 9.59 Å². The minimum atomic E-state index is -0.154. The van der Waals surface area contributed by atoms with Crippen LogP contribution in [-0.2, 0) is 28.5 Å². The molecule has 0 N–H and O–H groups in total. The van der Waals surface area contributed by atoms with E-state index < -0.39 is 0 Å². The second-order valence-corrected chi connectivity index (χ2v) is 6.23. The molecule has 162 valence electrons. The Kier molecular flexibility index (Phi) is 25.8. The van der Waals surface area contributed by atoms with Crippen molar-refractivity contribution in [1.29, 1.82) is 0 Å². The second-order valence-electron chi connectivity index (χ2n) is 6.23. The van der Waals surface area contributed by atoms with Crippen LogP contribution in [0.5, 0.6) is 0 Å². The molecule has 0 amide bonds. The van der Waals surface area contributed by atoms with Gasteiger partial charge in [-0.1, -0.05) is 47.0 Å². The van der Waals surface area contributed by atoms with Crippen molar-refractivity contribution in [2.45, 2.75) is 85.5 Å². The fourth-order valence-corrected chi connectivity index (χ4v) is 1.70. The molecule has 0 saturated heterocycles. The Balaban J connectivity index is 0. The second kappa shape index (κ2) is 24.9. The van der Waals surface area contributed by atoms with E-state index in [1.165, 1.54) is 0 Å². The fourth-order valence-electron chi connectivity index (χ4n) is 1.70. The number of carbonyl (C=O) groups is 2. The van der Waals surface area contributed by atoms with Gasteiger partial charge < -0.3 is 18.9 Å². The van der Waals surface area contributed by atoms with E-state index in [-0.39, 0.29) is 11.9 Å². The molecule has 0 rings (SSSR count). The number of esters is 2. The average molecular weight is 391 g/mol. The Labute approximate surface area is 166 Å². The summed E-state index contributed by atoms with van der Waals surface area (Å²) in [5.74, 6) is -0.298. The van der Waals surface area contributed by atoms with Crippen molar-refractivity contribution in [2.24, 2.45) is 0 Å². The molecule has 0 aliphatic heterocycles. The Hall–Kier alpha value is -1.14. The highest BCUT2D eigenvalue weighted by Gasteiger charge is 2.02. The van der Waals surface area contributed by atoms with Crippen molar-refractivity contribution in [3.8, 4) is 0 Å². The lowest BCUT2D eigenvalue weighted by molar-refractivity contribution is -0.145. The maximum Gasteiger partial charge on any atom is 0.308 e. The first-order chi connectivity index (χ1) is 13.1. The number of rotatable bonds is 17. The van der Waals surface area contributed by atoms with Crippen molar-refractivity contribution in [3.63, 3.8) is 0 Å². The van der Waals surface area contributed by atoms with Crippen LogP contribution in [0.1, 0.15) is 85.5 Å². The third-order valence-electron chi connectivity index (χ3n) is 3.41. The summed E-state index contributed by atoms with van der Waals surface area (Å²) in [6, 6.07) is 0. The molecular weight excluding hydrogens is 348 g/mol. The first-order valence-electron chi connectivity index (χ1n) is 10.6. The summed E-state index contributed by atoms with van der Waals surface area (Å²) in [7, 11) is 0. The molecule has 0 spiro atoms. The Morgan fingerprint density at radius 3 is 1.33 bits per heavy atom. The highest BCUT2D eigenvalue weighted by Crippen LogP contribution is 1.94. The lowest BCUT2D eigenvalue weighted by Crippen LogP contribution is -2.09. The van der Waals surface area contributed by atoms with Crippen LogP contribution < -0.4 is 0 Å². The van der Waals surface area contributed by atoms with Crippen LogP contribution in [0.3, 0.4) is 0 Å². The van der Waals surface area contributed by atoms with Crippen LogP contribution in [0.25, 0.3) is 0 Å². The number of carbonyl (C=O) groups excluding carboxylic acids is 2. The van der Waals surface area contributed by atoms with Gasteiger partial charge in [0, 0.05) is 13.2 Å². The predicted octanol–water partition coefficient (Wildman–Crippen LogP) is 4.68. The molecule has 0 fully saturated rings. The Morgan fingerprint density at radius 2 is 0.926 bits per heavy atom. The van der Waals surface area contributed by atoms with Gasteiger partial charge >= 0.3 is 11.9 Å². The molecule has 0 aliphatic carbocycles. The zero-order valence-electron chi connectivity index (χ0n) is 18.1. The summed E-state index contributed by atoms with van der Waals surface area (Å²) in [5, 5.41) is 0. The van der Waals surface area contributed by atoms with Crippen LogP contribution in [-0.4, -0.2) is 51.6 Å². The first kappa shape index (κ1) is 28.1. The highest BCUT2D eigenvalue weighted by molar-refractivity contribution is 5.69. The minimum absolute atomic E-state index is 0.144. The van der Waals surface area contributed by atoms with E-state index in [1.54, 1.807) is 0 Å². The molecule has 0 unspecified atom stereocenters. The molecule has 27 heavy (non-hydrogen) atoms. The number of hydrogen-bond acceptors (Lipinski definition) is 6. The van der Waals surface area contributed by atoms with E-state index >= 15 is 0 Å². The van der Waals surface area contributed by atoms with Crippen LogP contribution in [0.4, 0.5) is 0 Å². The molecule has 0 aliphatic rings. The highest BCUT2D eigenvalue weighted by atomic mass is 16.5. The number of unbranched alkanes of at least 4 members (excludes halogenated alkanes) is 3. The molecule has 0 aromatic rings. The van der Waals surface area contributed by atoms with Gasteiger partial charge in [0.25, 0.3) is 0 Å². The van der Waals surface area contributed by atoms with Crippen LogP contribution in [0, 0.1) is 0 Å². The Bertz CT molecular complexity index is 320. The summed E-state index contributed by atoms with van der Waals surface area (Å²) in [4.78, 5) is 22.0. The fraction of sp³-hybridized carbons (Fsp3) is 0.905. The quantitative estimate of drug-likeness (QED) is 0.265. The van der Waals surface area contributed by atoms with E-state index in [4.69, 9.17) is 18.9 Å². The van der Waals surface area contributed by atoms with Crippen molar-refractivity contribution < 1.29 is 28.5 Å². The summed E-state index contributed by atoms with van der Waals surface area (Å²) in [6.07, 6.45) is 8.01. The van der Waals surface area contributed by atoms with Gasteiger partial charge in [-0.25, -0.2) is 0 Å². The SMILES string of the molecule is CCCCOCCC(=O)OCCC.CCCCOCCC(=O)OCCCC.